The van der Waals surface area contributed by atoms with Crippen LogP contribution in [0.4, 0.5) is 0 Å². The number of halogens is 3. The van der Waals surface area contributed by atoms with Crippen molar-refractivity contribution in [1.82, 2.24) is 10.1 Å². The number of aromatic nitrogens is 2. The molecule has 0 radical (unpaired) electrons. The average molecular weight is 526 g/mol. The van der Waals surface area contributed by atoms with Crippen LogP contribution in [0.25, 0.3) is 11.3 Å². The van der Waals surface area contributed by atoms with Crippen LogP contribution < -0.4 is 4.74 Å². The Bertz CT molecular complexity index is 1380. The fraction of sp³-hybridized carbons (Fsp3) is 0.286. The molecule has 2 aromatic carbocycles. The van der Waals surface area contributed by atoms with Gasteiger partial charge >= 0.3 is 0 Å². The van der Waals surface area contributed by atoms with E-state index in [1.165, 1.54) is 5.56 Å². The molecule has 2 unspecified atom stereocenters. The minimum atomic E-state index is 0.295. The molecule has 0 spiro atoms. The van der Waals surface area contributed by atoms with Crippen LogP contribution in [0.5, 0.6) is 5.75 Å². The van der Waals surface area contributed by atoms with Crippen LogP contribution in [0.15, 0.2) is 59.3 Å². The molecule has 35 heavy (non-hydrogen) atoms. The first kappa shape index (κ1) is 22.9. The summed E-state index contributed by atoms with van der Waals surface area (Å²) in [6.07, 6.45) is 5.22. The molecular weight excluding hydrogens is 503 g/mol. The van der Waals surface area contributed by atoms with Gasteiger partial charge < -0.3 is 9.26 Å². The predicted octanol–water partition coefficient (Wildman–Crippen LogP) is 8.73. The highest BCUT2D eigenvalue weighted by atomic mass is 35.5. The summed E-state index contributed by atoms with van der Waals surface area (Å²) in [6.45, 7) is 2.30. The molecule has 2 aliphatic carbocycles. The van der Waals surface area contributed by atoms with Crippen molar-refractivity contribution in [1.29, 1.82) is 0 Å². The lowest BCUT2D eigenvalue weighted by Gasteiger charge is -2.11. The van der Waals surface area contributed by atoms with Crippen LogP contribution in [0.3, 0.4) is 0 Å². The van der Waals surface area contributed by atoms with E-state index < -0.39 is 0 Å². The normalized spacial score (nSPS) is 19.1. The number of hydrogen-bond acceptors (Lipinski definition) is 4. The highest BCUT2D eigenvalue weighted by Crippen LogP contribution is 2.56. The molecule has 2 heterocycles. The Balaban J connectivity index is 1.22. The van der Waals surface area contributed by atoms with E-state index in [9.17, 15) is 0 Å². The molecule has 7 heteroatoms. The number of benzene rings is 2. The second-order valence-electron chi connectivity index (χ2n) is 9.40. The Labute approximate surface area is 219 Å². The highest BCUT2D eigenvalue weighted by molar-refractivity contribution is 6.39. The molecule has 2 aliphatic rings. The van der Waals surface area contributed by atoms with Crippen molar-refractivity contribution < 1.29 is 9.26 Å². The van der Waals surface area contributed by atoms with Crippen LogP contribution in [-0.2, 0) is 6.61 Å². The quantitative estimate of drug-likeness (QED) is 0.242. The summed E-state index contributed by atoms with van der Waals surface area (Å²) in [5.41, 5.74) is 5.64. The van der Waals surface area contributed by atoms with Crippen LogP contribution in [0, 0.1) is 6.92 Å². The number of ether oxygens (including phenoxy) is 1. The molecule has 0 N–H and O–H groups in total. The topological polar surface area (TPSA) is 48.2 Å². The van der Waals surface area contributed by atoms with E-state index >= 15 is 0 Å². The Morgan fingerprint density at radius 1 is 0.971 bits per heavy atom. The Kier molecular flexibility index (Phi) is 6.00. The van der Waals surface area contributed by atoms with Gasteiger partial charge in [0.25, 0.3) is 0 Å². The SMILES string of the molecule is Cc1ccc(C2CC2c2ccc(OCc3c(-c4c(Cl)cccc4Cl)noc3C3CC3)cc2Cl)cn1. The number of nitrogens with zero attached hydrogens (tertiary/aromatic N) is 2. The number of pyridine rings is 1. The van der Waals surface area contributed by atoms with Crippen LogP contribution in [0.2, 0.25) is 15.1 Å². The van der Waals surface area contributed by atoms with Crippen molar-refractivity contribution in [2.75, 3.05) is 0 Å². The minimum Gasteiger partial charge on any atom is -0.489 e. The fourth-order valence-electron chi connectivity index (χ4n) is 4.71. The monoisotopic (exact) mass is 524 g/mol. The maximum absolute atomic E-state index is 6.70. The molecule has 4 aromatic rings. The number of aryl methyl sites for hydroxylation is 1. The van der Waals surface area contributed by atoms with Crippen molar-refractivity contribution >= 4 is 34.8 Å². The highest BCUT2D eigenvalue weighted by Gasteiger charge is 2.41. The Morgan fingerprint density at radius 2 is 1.77 bits per heavy atom. The Hall–Kier alpha value is -2.53. The maximum atomic E-state index is 6.70. The standard InChI is InChI=1S/C28H23Cl3N2O2/c1-15-5-6-17(13-32-15)20-12-21(20)19-10-9-18(11-25(19)31)34-14-22-27(33-35-28(22)16-7-8-16)26-23(29)3-2-4-24(26)30/h2-6,9-11,13,16,20-21H,7-8,12,14H2,1H3. The summed E-state index contributed by atoms with van der Waals surface area (Å²) < 4.78 is 11.9. The van der Waals surface area contributed by atoms with E-state index in [2.05, 4.69) is 28.3 Å². The van der Waals surface area contributed by atoms with Gasteiger partial charge in [-0.15, -0.1) is 0 Å². The molecule has 2 saturated carbocycles. The fourth-order valence-corrected chi connectivity index (χ4v) is 5.59. The van der Waals surface area contributed by atoms with Crippen molar-refractivity contribution in [3.05, 3.63) is 97.9 Å². The first-order valence-corrected chi connectivity index (χ1v) is 12.9. The minimum absolute atomic E-state index is 0.295. The van der Waals surface area contributed by atoms with Crippen LogP contribution in [0.1, 0.15) is 65.2 Å². The summed E-state index contributed by atoms with van der Waals surface area (Å²) in [4.78, 5) is 4.44. The van der Waals surface area contributed by atoms with E-state index in [-0.39, 0.29) is 0 Å². The molecule has 2 atom stereocenters. The van der Waals surface area contributed by atoms with Gasteiger partial charge in [-0.05, 0) is 79.5 Å². The van der Waals surface area contributed by atoms with Crippen molar-refractivity contribution in [3.63, 3.8) is 0 Å². The van der Waals surface area contributed by atoms with E-state index in [0.29, 0.717) is 51.4 Å². The van der Waals surface area contributed by atoms with Gasteiger partial charge in [0.05, 0.1) is 15.6 Å². The van der Waals surface area contributed by atoms with Gasteiger partial charge in [0.1, 0.15) is 23.8 Å². The van der Waals surface area contributed by atoms with Crippen LogP contribution >= 0.6 is 34.8 Å². The van der Waals surface area contributed by atoms with Crippen molar-refractivity contribution in [2.45, 2.75) is 50.5 Å². The third kappa shape index (κ3) is 4.55. The zero-order valence-corrected chi connectivity index (χ0v) is 21.4. The first-order valence-electron chi connectivity index (χ1n) is 11.8. The van der Waals surface area contributed by atoms with E-state index in [4.69, 9.17) is 44.1 Å². The zero-order chi connectivity index (χ0) is 24.1. The summed E-state index contributed by atoms with van der Waals surface area (Å²) in [5, 5.41) is 6.12. The van der Waals surface area contributed by atoms with Crippen molar-refractivity contribution in [2.24, 2.45) is 0 Å². The summed E-state index contributed by atoms with van der Waals surface area (Å²) in [6, 6.07) is 15.6. The first-order chi connectivity index (χ1) is 17.0. The molecular formula is C28H23Cl3N2O2. The summed E-state index contributed by atoms with van der Waals surface area (Å²) in [7, 11) is 0. The maximum Gasteiger partial charge on any atom is 0.147 e. The lowest BCUT2D eigenvalue weighted by atomic mass is 10.0. The Morgan fingerprint density at radius 3 is 2.46 bits per heavy atom. The molecule has 6 rings (SSSR count). The molecule has 2 aromatic heterocycles. The van der Waals surface area contributed by atoms with E-state index in [1.807, 2.05) is 31.3 Å². The largest absolute Gasteiger partial charge is 0.489 e. The third-order valence-electron chi connectivity index (χ3n) is 6.87. The van der Waals surface area contributed by atoms with Gasteiger partial charge in [-0.2, -0.15) is 0 Å². The third-order valence-corrected chi connectivity index (χ3v) is 7.83. The second-order valence-corrected chi connectivity index (χ2v) is 10.6. The molecule has 0 bridgehead atoms. The molecule has 0 amide bonds. The smallest absolute Gasteiger partial charge is 0.147 e. The van der Waals surface area contributed by atoms with Gasteiger partial charge in [0.2, 0.25) is 0 Å². The van der Waals surface area contributed by atoms with Gasteiger partial charge in [0.15, 0.2) is 0 Å². The molecule has 4 nitrogen and oxygen atoms in total. The van der Waals surface area contributed by atoms with Gasteiger partial charge in [0, 0.05) is 28.4 Å². The van der Waals surface area contributed by atoms with E-state index in [0.717, 1.165) is 46.9 Å². The average Bonchev–Trinajstić information content (AvgIpc) is 3.77. The summed E-state index contributed by atoms with van der Waals surface area (Å²) >= 11 is 19.6. The van der Waals surface area contributed by atoms with E-state index in [1.54, 1.807) is 12.1 Å². The summed E-state index contributed by atoms with van der Waals surface area (Å²) in [5.74, 6) is 2.80. The van der Waals surface area contributed by atoms with Gasteiger partial charge in [-0.25, -0.2) is 0 Å². The molecule has 178 valence electrons. The molecule has 0 saturated heterocycles. The molecule has 2 fully saturated rings. The second kappa shape index (κ2) is 9.16. The lowest BCUT2D eigenvalue weighted by molar-refractivity contribution is 0.300. The lowest BCUT2D eigenvalue weighted by Crippen LogP contribution is -2.00. The number of hydrogen-bond donors (Lipinski definition) is 0. The van der Waals surface area contributed by atoms with Crippen LogP contribution in [-0.4, -0.2) is 10.1 Å². The number of rotatable bonds is 7. The van der Waals surface area contributed by atoms with Gasteiger partial charge in [-0.3, -0.25) is 4.98 Å². The van der Waals surface area contributed by atoms with Crippen molar-refractivity contribution in [3.8, 4) is 17.0 Å². The van der Waals surface area contributed by atoms with Gasteiger partial charge in [-0.1, -0.05) is 58.2 Å². The zero-order valence-electron chi connectivity index (χ0n) is 19.1. The molecule has 0 aliphatic heterocycles. The predicted molar refractivity (Wildman–Crippen MR) is 139 cm³/mol.